The topological polar surface area (TPSA) is 46.3 Å². The standard InChI is InChI=1S/C11H18N2OS/c1-4-13(10(14)11(2,3)12)8-9-6-5-7-15-9/h5-7H,4,8,12H2,1-3H3. The quantitative estimate of drug-likeness (QED) is 0.851. The second kappa shape index (κ2) is 4.77. The number of thiophene rings is 1. The number of hydrogen-bond donors (Lipinski definition) is 1. The van der Waals surface area contributed by atoms with Crippen LogP contribution in [0.15, 0.2) is 17.5 Å². The first-order valence-electron chi connectivity index (χ1n) is 5.05. The molecule has 0 saturated heterocycles. The highest BCUT2D eigenvalue weighted by Crippen LogP contribution is 2.14. The van der Waals surface area contributed by atoms with Crippen LogP contribution in [0.25, 0.3) is 0 Å². The van der Waals surface area contributed by atoms with Crippen LogP contribution in [0.3, 0.4) is 0 Å². The molecule has 1 aromatic heterocycles. The molecule has 3 nitrogen and oxygen atoms in total. The van der Waals surface area contributed by atoms with Gasteiger partial charge in [0.15, 0.2) is 0 Å². The summed E-state index contributed by atoms with van der Waals surface area (Å²) in [5.74, 6) is -0.00148. The van der Waals surface area contributed by atoms with Gasteiger partial charge in [0, 0.05) is 11.4 Å². The normalized spacial score (nSPS) is 11.5. The summed E-state index contributed by atoms with van der Waals surface area (Å²) in [6.07, 6.45) is 0. The van der Waals surface area contributed by atoms with Gasteiger partial charge in [0.05, 0.1) is 12.1 Å². The zero-order valence-electron chi connectivity index (χ0n) is 9.49. The Hall–Kier alpha value is -0.870. The molecule has 0 aromatic carbocycles. The van der Waals surface area contributed by atoms with Crippen molar-refractivity contribution in [1.29, 1.82) is 0 Å². The molecule has 0 aliphatic carbocycles. The van der Waals surface area contributed by atoms with Crippen molar-refractivity contribution in [2.24, 2.45) is 5.73 Å². The first kappa shape index (κ1) is 12.2. The van der Waals surface area contributed by atoms with Crippen molar-refractivity contribution in [3.05, 3.63) is 22.4 Å². The Morgan fingerprint density at radius 3 is 2.67 bits per heavy atom. The van der Waals surface area contributed by atoms with E-state index >= 15 is 0 Å². The first-order valence-corrected chi connectivity index (χ1v) is 5.93. The van der Waals surface area contributed by atoms with Crippen molar-refractivity contribution in [1.82, 2.24) is 4.90 Å². The van der Waals surface area contributed by atoms with Gasteiger partial charge in [0.2, 0.25) is 5.91 Å². The zero-order valence-corrected chi connectivity index (χ0v) is 10.3. The summed E-state index contributed by atoms with van der Waals surface area (Å²) in [4.78, 5) is 14.9. The number of amides is 1. The maximum absolute atomic E-state index is 11.9. The third kappa shape index (κ3) is 3.32. The smallest absolute Gasteiger partial charge is 0.242 e. The molecule has 15 heavy (non-hydrogen) atoms. The van der Waals surface area contributed by atoms with E-state index in [0.717, 1.165) is 0 Å². The second-order valence-corrected chi connectivity index (χ2v) is 5.15. The second-order valence-electron chi connectivity index (χ2n) is 4.12. The molecule has 0 bridgehead atoms. The molecular formula is C11H18N2OS. The Labute approximate surface area is 94.9 Å². The SMILES string of the molecule is CCN(Cc1cccs1)C(=O)C(C)(C)N. The molecule has 0 fully saturated rings. The third-order valence-electron chi connectivity index (χ3n) is 2.15. The van der Waals surface area contributed by atoms with Crippen LogP contribution in [0.2, 0.25) is 0 Å². The van der Waals surface area contributed by atoms with Gasteiger partial charge in [-0.05, 0) is 32.2 Å². The number of nitrogens with zero attached hydrogens (tertiary/aromatic N) is 1. The van der Waals surface area contributed by atoms with Crippen LogP contribution in [0.1, 0.15) is 25.6 Å². The fraction of sp³-hybridized carbons (Fsp3) is 0.545. The lowest BCUT2D eigenvalue weighted by Crippen LogP contribution is -2.50. The summed E-state index contributed by atoms with van der Waals surface area (Å²) in [6, 6.07) is 4.02. The monoisotopic (exact) mass is 226 g/mol. The van der Waals surface area contributed by atoms with Gasteiger partial charge in [-0.25, -0.2) is 0 Å². The number of nitrogens with two attached hydrogens (primary N) is 1. The molecule has 2 N–H and O–H groups in total. The van der Waals surface area contributed by atoms with E-state index in [1.165, 1.54) is 4.88 Å². The Balaban J connectivity index is 2.69. The summed E-state index contributed by atoms with van der Waals surface area (Å²) in [5.41, 5.74) is 5.01. The van der Waals surface area contributed by atoms with Crippen LogP contribution in [0.4, 0.5) is 0 Å². The third-order valence-corrected chi connectivity index (χ3v) is 3.01. The van der Waals surface area contributed by atoms with Gasteiger partial charge in [0.25, 0.3) is 0 Å². The molecule has 0 saturated carbocycles. The molecule has 0 aliphatic heterocycles. The van der Waals surface area contributed by atoms with E-state index in [-0.39, 0.29) is 5.91 Å². The van der Waals surface area contributed by atoms with Crippen LogP contribution in [-0.4, -0.2) is 22.9 Å². The van der Waals surface area contributed by atoms with E-state index in [1.807, 2.05) is 24.4 Å². The van der Waals surface area contributed by atoms with Crippen LogP contribution in [-0.2, 0) is 11.3 Å². The maximum atomic E-state index is 11.9. The Bertz CT molecular complexity index is 314. The maximum Gasteiger partial charge on any atom is 0.242 e. The van der Waals surface area contributed by atoms with Crippen LogP contribution in [0, 0.1) is 0 Å². The fourth-order valence-electron chi connectivity index (χ4n) is 1.33. The zero-order chi connectivity index (χ0) is 11.5. The molecule has 0 aliphatic rings. The lowest BCUT2D eigenvalue weighted by Gasteiger charge is -2.27. The van der Waals surface area contributed by atoms with E-state index in [2.05, 4.69) is 0 Å². The number of carbonyl (C=O) groups is 1. The predicted molar refractivity (Wildman–Crippen MR) is 63.7 cm³/mol. The first-order chi connectivity index (χ1) is 6.95. The largest absolute Gasteiger partial charge is 0.336 e. The molecule has 1 rings (SSSR count). The van der Waals surface area contributed by atoms with E-state index in [1.54, 1.807) is 30.1 Å². The van der Waals surface area contributed by atoms with E-state index in [0.29, 0.717) is 13.1 Å². The van der Waals surface area contributed by atoms with Crippen LogP contribution >= 0.6 is 11.3 Å². The van der Waals surface area contributed by atoms with Crippen LogP contribution in [0.5, 0.6) is 0 Å². The fourth-order valence-corrected chi connectivity index (χ4v) is 2.04. The molecule has 1 heterocycles. The number of hydrogen-bond acceptors (Lipinski definition) is 3. The van der Waals surface area contributed by atoms with Gasteiger partial charge >= 0.3 is 0 Å². The molecule has 84 valence electrons. The highest BCUT2D eigenvalue weighted by molar-refractivity contribution is 7.09. The lowest BCUT2D eigenvalue weighted by atomic mass is 10.1. The Morgan fingerprint density at radius 1 is 1.60 bits per heavy atom. The number of likely N-dealkylation sites (N-methyl/N-ethyl adjacent to an activating group) is 1. The van der Waals surface area contributed by atoms with Gasteiger partial charge in [-0.15, -0.1) is 11.3 Å². The van der Waals surface area contributed by atoms with Gasteiger partial charge in [-0.3, -0.25) is 4.79 Å². The minimum Gasteiger partial charge on any atom is -0.336 e. The van der Waals surface area contributed by atoms with Crippen molar-refractivity contribution >= 4 is 17.2 Å². The predicted octanol–water partition coefficient (Wildman–Crippen LogP) is 1.83. The van der Waals surface area contributed by atoms with Crippen LogP contribution < -0.4 is 5.73 Å². The van der Waals surface area contributed by atoms with E-state index in [9.17, 15) is 4.79 Å². The average Bonchev–Trinajstić information content (AvgIpc) is 2.64. The minimum atomic E-state index is -0.784. The molecular weight excluding hydrogens is 208 g/mol. The molecule has 1 aromatic rings. The molecule has 0 spiro atoms. The van der Waals surface area contributed by atoms with Crippen molar-refractivity contribution < 1.29 is 4.79 Å². The van der Waals surface area contributed by atoms with Gasteiger partial charge in [-0.1, -0.05) is 6.07 Å². The highest BCUT2D eigenvalue weighted by atomic mass is 32.1. The number of rotatable bonds is 4. The molecule has 0 unspecified atom stereocenters. The Morgan fingerprint density at radius 2 is 2.27 bits per heavy atom. The van der Waals surface area contributed by atoms with Gasteiger partial charge in [0.1, 0.15) is 0 Å². The number of carbonyl (C=O) groups excluding carboxylic acids is 1. The molecule has 4 heteroatoms. The van der Waals surface area contributed by atoms with Gasteiger partial charge < -0.3 is 10.6 Å². The summed E-state index contributed by atoms with van der Waals surface area (Å²) < 4.78 is 0. The molecule has 1 amide bonds. The summed E-state index contributed by atoms with van der Waals surface area (Å²) in [5, 5.41) is 2.02. The van der Waals surface area contributed by atoms with Crippen molar-refractivity contribution in [2.45, 2.75) is 32.9 Å². The average molecular weight is 226 g/mol. The van der Waals surface area contributed by atoms with Crippen molar-refractivity contribution in [3.63, 3.8) is 0 Å². The Kier molecular flexibility index (Phi) is 3.88. The molecule has 0 atom stereocenters. The van der Waals surface area contributed by atoms with Crippen molar-refractivity contribution in [2.75, 3.05) is 6.54 Å². The highest BCUT2D eigenvalue weighted by Gasteiger charge is 2.26. The van der Waals surface area contributed by atoms with Crippen molar-refractivity contribution in [3.8, 4) is 0 Å². The minimum absolute atomic E-state index is 0.00148. The van der Waals surface area contributed by atoms with E-state index in [4.69, 9.17) is 5.73 Å². The van der Waals surface area contributed by atoms with E-state index < -0.39 is 5.54 Å². The lowest BCUT2D eigenvalue weighted by molar-refractivity contribution is -0.136. The summed E-state index contributed by atoms with van der Waals surface area (Å²) in [6.45, 7) is 6.81. The van der Waals surface area contributed by atoms with Gasteiger partial charge in [-0.2, -0.15) is 0 Å². The summed E-state index contributed by atoms with van der Waals surface area (Å²) in [7, 11) is 0. The summed E-state index contributed by atoms with van der Waals surface area (Å²) >= 11 is 1.66. The molecule has 0 radical (unpaired) electrons.